The van der Waals surface area contributed by atoms with Gasteiger partial charge in [0.15, 0.2) is 0 Å². The second kappa shape index (κ2) is 3.94. The summed E-state index contributed by atoms with van der Waals surface area (Å²) < 4.78 is 0. The highest BCUT2D eigenvalue weighted by molar-refractivity contribution is 5.80. The standard InChI is InChI=1S/C16H17NO/c1-11(10-17)16(18)14-8-4-2-6-12(14)13-7-3-5-9-15(13)16/h2-9,11,18H,10,17H2,1H3/t11-/m0/s1. The van der Waals surface area contributed by atoms with E-state index in [2.05, 4.69) is 12.1 Å². The molecule has 2 aromatic carbocycles. The van der Waals surface area contributed by atoms with E-state index in [4.69, 9.17) is 5.73 Å². The topological polar surface area (TPSA) is 46.2 Å². The van der Waals surface area contributed by atoms with Crippen LogP contribution < -0.4 is 5.73 Å². The molecule has 3 rings (SSSR count). The highest BCUT2D eigenvalue weighted by Gasteiger charge is 2.44. The van der Waals surface area contributed by atoms with E-state index in [-0.39, 0.29) is 5.92 Å². The van der Waals surface area contributed by atoms with E-state index in [0.717, 1.165) is 22.3 Å². The molecule has 0 aliphatic heterocycles. The van der Waals surface area contributed by atoms with Gasteiger partial charge in [-0.3, -0.25) is 0 Å². The molecular weight excluding hydrogens is 222 g/mol. The van der Waals surface area contributed by atoms with Crippen LogP contribution in [0.5, 0.6) is 0 Å². The normalized spacial score (nSPS) is 17.1. The fourth-order valence-corrected chi connectivity index (χ4v) is 2.95. The molecule has 0 saturated heterocycles. The first-order chi connectivity index (χ1) is 8.69. The summed E-state index contributed by atoms with van der Waals surface area (Å²) in [6.07, 6.45) is 0. The average Bonchev–Trinajstić information content (AvgIpc) is 2.70. The van der Waals surface area contributed by atoms with E-state index in [1.807, 2.05) is 43.3 Å². The molecule has 3 N–H and O–H groups in total. The van der Waals surface area contributed by atoms with Crippen molar-refractivity contribution in [3.8, 4) is 11.1 Å². The Bertz CT molecular complexity index is 546. The summed E-state index contributed by atoms with van der Waals surface area (Å²) >= 11 is 0. The molecule has 2 nitrogen and oxygen atoms in total. The maximum absolute atomic E-state index is 11.2. The molecule has 1 aliphatic carbocycles. The molecule has 0 unspecified atom stereocenters. The van der Waals surface area contributed by atoms with Gasteiger partial charge in [0.2, 0.25) is 0 Å². The summed E-state index contributed by atoms with van der Waals surface area (Å²) in [5.74, 6) is -0.0118. The molecule has 0 spiro atoms. The van der Waals surface area contributed by atoms with Crippen molar-refractivity contribution < 1.29 is 5.11 Å². The van der Waals surface area contributed by atoms with Crippen LogP contribution in [0.1, 0.15) is 18.1 Å². The van der Waals surface area contributed by atoms with E-state index in [0.29, 0.717) is 6.54 Å². The predicted octanol–water partition coefficient (Wildman–Crippen LogP) is 2.50. The lowest BCUT2D eigenvalue weighted by molar-refractivity contribution is 0.0321. The molecule has 0 aromatic heterocycles. The Morgan fingerprint density at radius 1 is 1.00 bits per heavy atom. The number of nitrogens with two attached hydrogens (primary N) is 1. The zero-order valence-corrected chi connectivity index (χ0v) is 10.4. The first-order valence-electron chi connectivity index (χ1n) is 6.31. The number of benzene rings is 2. The summed E-state index contributed by atoms with van der Waals surface area (Å²) in [6.45, 7) is 2.46. The van der Waals surface area contributed by atoms with Gasteiger partial charge < -0.3 is 10.8 Å². The Hall–Kier alpha value is -1.64. The molecule has 0 saturated carbocycles. The Balaban J connectivity index is 2.33. The van der Waals surface area contributed by atoms with Crippen LogP contribution in [0.15, 0.2) is 48.5 Å². The molecule has 0 radical (unpaired) electrons. The minimum Gasteiger partial charge on any atom is -0.380 e. The molecule has 1 atom stereocenters. The molecule has 92 valence electrons. The number of fused-ring (bicyclic) bond motifs is 3. The Morgan fingerprint density at radius 3 is 1.89 bits per heavy atom. The number of rotatable bonds is 2. The van der Waals surface area contributed by atoms with Crippen molar-refractivity contribution in [3.63, 3.8) is 0 Å². The van der Waals surface area contributed by atoms with E-state index < -0.39 is 5.60 Å². The Morgan fingerprint density at radius 2 is 1.44 bits per heavy atom. The highest BCUT2D eigenvalue weighted by atomic mass is 16.3. The lowest BCUT2D eigenvalue weighted by atomic mass is 9.80. The zero-order chi connectivity index (χ0) is 12.8. The van der Waals surface area contributed by atoms with Crippen LogP contribution in [-0.4, -0.2) is 11.7 Å². The van der Waals surface area contributed by atoms with Crippen molar-refractivity contribution >= 4 is 0 Å². The smallest absolute Gasteiger partial charge is 0.120 e. The monoisotopic (exact) mass is 239 g/mol. The van der Waals surface area contributed by atoms with Gasteiger partial charge in [-0.2, -0.15) is 0 Å². The summed E-state index contributed by atoms with van der Waals surface area (Å²) in [4.78, 5) is 0. The number of hydrogen-bond acceptors (Lipinski definition) is 2. The van der Waals surface area contributed by atoms with Crippen molar-refractivity contribution in [3.05, 3.63) is 59.7 Å². The van der Waals surface area contributed by atoms with Gasteiger partial charge in [0.1, 0.15) is 5.60 Å². The summed E-state index contributed by atoms with van der Waals surface area (Å²) in [7, 11) is 0. The summed E-state index contributed by atoms with van der Waals surface area (Å²) in [5, 5.41) is 11.2. The number of hydrogen-bond donors (Lipinski definition) is 2. The van der Waals surface area contributed by atoms with Crippen molar-refractivity contribution in [2.45, 2.75) is 12.5 Å². The third kappa shape index (κ3) is 1.30. The lowest BCUT2D eigenvalue weighted by Crippen LogP contribution is -2.37. The molecule has 18 heavy (non-hydrogen) atoms. The minimum atomic E-state index is -0.956. The molecule has 0 heterocycles. The fraction of sp³-hybridized carbons (Fsp3) is 0.250. The first-order valence-corrected chi connectivity index (χ1v) is 6.31. The second-order valence-corrected chi connectivity index (χ2v) is 4.99. The van der Waals surface area contributed by atoms with Crippen molar-refractivity contribution in [2.75, 3.05) is 6.54 Å². The molecule has 0 amide bonds. The molecule has 0 fully saturated rings. The van der Waals surface area contributed by atoms with Gasteiger partial charge in [-0.15, -0.1) is 0 Å². The van der Waals surface area contributed by atoms with Gasteiger partial charge >= 0.3 is 0 Å². The Kier molecular flexibility index (Phi) is 2.51. The van der Waals surface area contributed by atoms with Crippen LogP contribution in [0.25, 0.3) is 11.1 Å². The van der Waals surface area contributed by atoms with E-state index in [9.17, 15) is 5.11 Å². The van der Waals surface area contributed by atoms with Crippen LogP contribution in [-0.2, 0) is 5.60 Å². The van der Waals surface area contributed by atoms with Crippen LogP contribution in [0.3, 0.4) is 0 Å². The average molecular weight is 239 g/mol. The van der Waals surface area contributed by atoms with Crippen LogP contribution in [0.2, 0.25) is 0 Å². The maximum Gasteiger partial charge on any atom is 0.120 e. The van der Waals surface area contributed by atoms with Gasteiger partial charge in [0.25, 0.3) is 0 Å². The van der Waals surface area contributed by atoms with Crippen LogP contribution in [0.4, 0.5) is 0 Å². The third-order valence-corrected chi connectivity index (χ3v) is 4.03. The molecule has 1 aliphatic rings. The molecular formula is C16H17NO. The molecule has 2 heteroatoms. The fourth-order valence-electron chi connectivity index (χ4n) is 2.95. The van der Waals surface area contributed by atoms with Crippen molar-refractivity contribution in [1.29, 1.82) is 0 Å². The van der Waals surface area contributed by atoms with E-state index >= 15 is 0 Å². The maximum atomic E-state index is 11.2. The first kappa shape index (κ1) is 11.5. The van der Waals surface area contributed by atoms with E-state index in [1.165, 1.54) is 0 Å². The van der Waals surface area contributed by atoms with Gasteiger partial charge in [-0.25, -0.2) is 0 Å². The largest absolute Gasteiger partial charge is 0.380 e. The number of aliphatic hydroxyl groups is 1. The van der Waals surface area contributed by atoms with E-state index in [1.54, 1.807) is 0 Å². The van der Waals surface area contributed by atoms with Gasteiger partial charge in [-0.1, -0.05) is 55.5 Å². The summed E-state index contributed by atoms with van der Waals surface area (Å²) in [6, 6.07) is 16.1. The molecule has 2 aromatic rings. The lowest BCUT2D eigenvalue weighted by Gasteiger charge is -2.31. The van der Waals surface area contributed by atoms with Crippen LogP contribution in [0, 0.1) is 5.92 Å². The zero-order valence-electron chi connectivity index (χ0n) is 10.4. The van der Waals surface area contributed by atoms with Gasteiger partial charge in [0.05, 0.1) is 0 Å². The Labute approximate surface area is 107 Å². The van der Waals surface area contributed by atoms with Gasteiger partial charge in [-0.05, 0) is 28.8 Å². The SMILES string of the molecule is C[C@@H](CN)C1(O)c2ccccc2-c2ccccc21. The second-order valence-electron chi connectivity index (χ2n) is 4.99. The minimum absolute atomic E-state index is 0.0118. The van der Waals surface area contributed by atoms with Crippen molar-refractivity contribution in [2.24, 2.45) is 11.7 Å². The third-order valence-electron chi connectivity index (χ3n) is 4.03. The van der Waals surface area contributed by atoms with Crippen LogP contribution >= 0.6 is 0 Å². The quantitative estimate of drug-likeness (QED) is 0.845. The molecule has 0 bridgehead atoms. The highest BCUT2D eigenvalue weighted by Crippen LogP contribution is 2.50. The van der Waals surface area contributed by atoms with Crippen molar-refractivity contribution in [1.82, 2.24) is 0 Å². The predicted molar refractivity (Wildman–Crippen MR) is 73.1 cm³/mol. The summed E-state index contributed by atoms with van der Waals surface area (Å²) in [5.41, 5.74) is 9.03. The van der Waals surface area contributed by atoms with Gasteiger partial charge in [0, 0.05) is 5.92 Å².